The lowest BCUT2D eigenvalue weighted by atomic mass is 10.1. The van der Waals surface area contributed by atoms with E-state index in [0.29, 0.717) is 5.92 Å². The van der Waals surface area contributed by atoms with Crippen molar-refractivity contribution in [2.75, 3.05) is 33.9 Å². The molecular weight excluding hydrogens is 256 g/mol. The summed E-state index contributed by atoms with van der Waals surface area (Å²) < 4.78 is 10.7. The predicted molar refractivity (Wildman–Crippen MR) is 77.8 cm³/mol. The molecule has 1 aliphatic heterocycles. The van der Waals surface area contributed by atoms with Crippen molar-refractivity contribution in [3.63, 3.8) is 0 Å². The molecule has 0 aromatic carbocycles. The molecule has 0 spiro atoms. The zero-order valence-electron chi connectivity index (χ0n) is 12.8. The molecule has 0 aromatic heterocycles. The summed E-state index contributed by atoms with van der Waals surface area (Å²) in [5.74, 6) is 0.484. The SMILES string of the molecule is COC[C@@H]1CCN(C(=O)N[C@@H]2CCCCC[C@@H]2OC)C1. The maximum atomic E-state index is 12.4. The summed E-state index contributed by atoms with van der Waals surface area (Å²) in [6.45, 7) is 2.39. The van der Waals surface area contributed by atoms with E-state index < -0.39 is 0 Å². The monoisotopic (exact) mass is 284 g/mol. The van der Waals surface area contributed by atoms with Crippen LogP contribution in [0.15, 0.2) is 0 Å². The van der Waals surface area contributed by atoms with Crippen LogP contribution in [0.5, 0.6) is 0 Å². The van der Waals surface area contributed by atoms with Gasteiger partial charge in [-0.2, -0.15) is 0 Å². The van der Waals surface area contributed by atoms with E-state index >= 15 is 0 Å². The second-order valence-electron chi connectivity index (χ2n) is 6.02. The lowest BCUT2D eigenvalue weighted by molar-refractivity contribution is 0.0639. The van der Waals surface area contributed by atoms with Crippen molar-refractivity contribution in [2.45, 2.75) is 50.7 Å². The van der Waals surface area contributed by atoms with Gasteiger partial charge in [-0.3, -0.25) is 0 Å². The molecule has 0 unspecified atom stereocenters. The quantitative estimate of drug-likeness (QED) is 0.804. The Balaban J connectivity index is 1.83. The summed E-state index contributed by atoms with van der Waals surface area (Å²) in [5.41, 5.74) is 0. The van der Waals surface area contributed by atoms with Gasteiger partial charge in [-0.05, 0) is 19.3 Å². The molecule has 3 atom stereocenters. The summed E-state index contributed by atoms with van der Waals surface area (Å²) >= 11 is 0. The minimum absolute atomic E-state index is 0.0672. The number of methoxy groups -OCH3 is 2. The Morgan fingerprint density at radius 1 is 1.20 bits per heavy atom. The summed E-state index contributed by atoms with van der Waals surface area (Å²) in [6, 6.07) is 0.231. The zero-order chi connectivity index (χ0) is 14.4. The molecule has 1 aliphatic carbocycles. The number of carbonyl (C=O) groups excluding carboxylic acids is 1. The number of ether oxygens (including phenoxy) is 2. The van der Waals surface area contributed by atoms with Gasteiger partial charge in [-0.25, -0.2) is 4.79 Å². The van der Waals surface area contributed by atoms with Crippen LogP contribution in [0.2, 0.25) is 0 Å². The van der Waals surface area contributed by atoms with E-state index in [1.165, 1.54) is 19.3 Å². The summed E-state index contributed by atoms with van der Waals surface area (Å²) in [7, 11) is 3.47. The Kier molecular flexibility index (Phi) is 6.10. The fourth-order valence-electron chi connectivity index (χ4n) is 3.36. The summed E-state index contributed by atoms with van der Waals surface area (Å²) in [4.78, 5) is 14.3. The molecule has 0 aromatic rings. The number of hydrogen-bond acceptors (Lipinski definition) is 3. The van der Waals surface area contributed by atoms with E-state index in [0.717, 1.165) is 39.0 Å². The third-order valence-electron chi connectivity index (χ3n) is 4.54. The van der Waals surface area contributed by atoms with Crippen molar-refractivity contribution in [2.24, 2.45) is 5.92 Å². The average Bonchev–Trinajstić information content (AvgIpc) is 2.79. The molecular formula is C15H28N2O3. The van der Waals surface area contributed by atoms with E-state index in [-0.39, 0.29) is 18.2 Å². The fraction of sp³-hybridized carbons (Fsp3) is 0.933. The van der Waals surface area contributed by atoms with Crippen LogP contribution in [0, 0.1) is 5.92 Å². The van der Waals surface area contributed by atoms with Crippen molar-refractivity contribution in [1.29, 1.82) is 0 Å². The molecule has 1 saturated carbocycles. The molecule has 5 heteroatoms. The summed E-state index contributed by atoms with van der Waals surface area (Å²) in [5, 5.41) is 3.19. The Morgan fingerprint density at radius 2 is 2.00 bits per heavy atom. The molecule has 5 nitrogen and oxygen atoms in total. The first-order valence-electron chi connectivity index (χ1n) is 7.81. The van der Waals surface area contributed by atoms with Gasteiger partial charge < -0.3 is 19.7 Å². The number of hydrogen-bond donors (Lipinski definition) is 1. The van der Waals surface area contributed by atoms with Gasteiger partial charge in [-0.1, -0.05) is 19.3 Å². The van der Waals surface area contributed by atoms with Crippen LogP contribution in [0.25, 0.3) is 0 Å². The highest BCUT2D eigenvalue weighted by atomic mass is 16.5. The molecule has 2 rings (SSSR count). The smallest absolute Gasteiger partial charge is 0.317 e. The number of carbonyl (C=O) groups is 1. The molecule has 2 fully saturated rings. The number of amides is 2. The van der Waals surface area contributed by atoms with Gasteiger partial charge in [0.2, 0.25) is 0 Å². The molecule has 0 radical (unpaired) electrons. The lowest BCUT2D eigenvalue weighted by Crippen LogP contribution is -2.49. The highest BCUT2D eigenvalue weighted by Crippen LogP contribution is 2.21. The molecule has 2 aliphatic rings. The van der Waals surface area contributed by atoms with Gasteiger partial charge >= 0.3 is 6.03 Å². The van der Waals surface area contributed by atoms with Crippen molar-refractivity contribution in [1.82, 2.24) is 10.2 Å². The molecule has 1 N–H and O–H groups in total. The third-order valence-corrected chi connectivity index (χ3v) is 4.54. The third kappa shape index (κ3) is 4.09. The number of nitrogens with one attached hydrogen (secondary N) is 1. The average molecular weight is 284 g/mol. The van der Waals surface area contributed by atoms with Crippen molar-refractivity contribution >= 4 is 6.03 Å². The van der Waals surface area contributed by atoms with Crippen molar-refractivity contribution in [3.8, 4) is 0 Å². The highest BCUT2D eigenvalue weighted by molar-refractivity contribution is 5.74. The molecule has 20 heavy (non-hydrogen) atoms. The van der Waals surface area contributed by atoms with Crippen LogP contribution in [0.1, 0.15) is 38.5 Å². The van der Waals surface area contributed by atoms with Crippen molar-refractivity contribution in [3.05, 3.63) is 0 Å². The standard InChI is InChI=1S/C15H28N2O3/c1-19-11-12-8-9-17(10-12)15(18)16-13-6-4-3-5-7-14(13)20-2/h12-14H,3-11H2,1-2H3,(H,16,18)/t12-,13-,14+/m1/s1. The van der Waals surface area contributed by atoms with Gasteiger partial charge in [0.05, 0.1) is 18.8 Å². The van der Waals surface area contributed by atoms with E-state index in [1.54, 1.807) is 14.2 Å². The molecule has 1 saturated heterocycles. The predicted octanol–water partition coefficient (Wildman–Crippen LogP) is 2.01. The minimum Gasteiger partial charge on any atom is -0.384 e. The Hall–Kier alpha value is -0.810. The van der Waals surface area contributed by atoms with Crippen LogP contribution in [-0.2, 0) is 9.47 Å². The lowest BCUT2D eigenvalue weighted by Gasteiger charge is -2.27. The molecule has 116 valence electrons. The zero-order valence-corrected chi connectivity index (χ0v) is 12.8. The first-order valence-corrected chi connectivity index (χ1v) is 7.81. The van der Waals surface area contributed by atoms with Gasteiger partial charge in [0.15, 0.2) is 0 Å². The Labute approximate surface area is 122 Å². The van der Waals surface area contributed by atoms with Crippen LogP contribution < -0.4 is 5.32 Å². The first-order chi connectivity index (χ1) is 9.74. The van der Waals surface area contributed by atoms with Crippen LogP contribution in [0.3, 0.4) is 0 Å². The second kappa shape index (κ2) is 7.84. The Bertz CT molecular complexity index is 311. The maximum absolute atomic E-state index is 12.4. The number of likely N-dealkylation sites (tertiary alicyclic amines) is 1. The molecule has 1 heterocycles. The molecule has 0 bridgehead atoms. The first kappa shape index (κ1) is 15.6. The fourth-order valence-corrected chi connectivity index (χ4v) is 3.36. The minimum atomic E-state index is 0.0672. The van der Waals surface area contributed by atoms with Crippen molar-refractivity contribution < 1.29 is 14.3 Å². The normalized spacial score (nSPS) is 31.1. The van der Waals surface area contributed by atoms with Gasteiger partial charge in [0.25, 0.3) is 0 Å². The van der Waals surface area contributed by atoms with Gasteiger partial charge in [0.1, 0.15) is 0 Å². The largest absolute Gasteiger partial charge is 0.384 e. The van der Waals surface area contributed by atoms with E-state index in [1.807, 2.05) is 4.90 Å². The maximum Gasteiger partial charge on any atom is 0.317 e. The number of urea groups is 1. The number of nitrogens with zero attached hydrogens (tertiary/aromatic N) is 1. The molecule has 2 amide bonds. The van der Waals surface area contributed by atoms with Crippen LogP contribution >= 0.6 is 0 Å². The van der Waals surface area contributed by atoms with Gasteiger partial charge in [-0.15, -0.1) is 0 Å². The second-order valence-corrected chi connectivity index (χ2v) is 6.02. The van der Waals surface area contributed by atoms with E-state index in [2.05, 4.69) is 5.32 Å². The highest BCUT2D eigenvalue weighted by Gasteiger charge is 2.30. The van der Waals surface area contributed by atoms with E-state index in [4.69, 9.17) is 9.47 Å². The Morgan fingerprint density at radius 3 is 2.75 bits per heavy atom. The van der Waals surface area contributed by atoms with E-state index in [9.17, 15) is 4.79 Å². The summed E-state index contributed by atoms with van der Waals surface area (Å²) in [6.07, 6.45) is 6.90. The van der Waals surface area contributed by atoms with Crippen LogP contribution in [0.4, 0.5) is 4.79 Å². The van der Waals surface area contributed by atoms with Gasteiger partial charge in [0, 0.05) is 33.2 Å². The topological polar surface area (TPSA) is 50.8 Å². The van der Waals surface area contributed by atoms with Crippen LogP contribution in [-0.4, -0.2) is 57.0 Å². The number of rotatable bonds is 4.